The largest absolute Gasteiger partial charge is 0.0625 e. The Bertz CT molecular complexity index is 332. The Hall–Kier alpha value is 0. The van der Waals surface area contributed by atoms with Crippen molar-refractivity contribution in [1.82, 2.24) is 0 Å². The second-order valence-electron chi connectivity index (χ2n) is 7.51. The molecule has 2 spiro atoms. The van der Waals surface area contributed by atoms with E-state index in [0.29, 0.717) is 0 Å². The lowest BCUT2D eigenvalue weighted by atomic mass is 9.56. The van der Waals surface area contributed by atoms with Crippen LogP contribution in [0, 0.1) is 52.3 Å². The molecule has 4 fully saturated rings. The molecule has 0 heteroatoms. The molecule has 6 unspecified atom stereocenters. The molecule has 0 N–H and O–H groups in total. The van der Waals surface area contributed by atoms with Gasteiger partial charge < -0.3 is 0 Å². The van der Waals surface area contributed by atoms with Gasteiger partial charge in [0.2, 0.25) is 0 Å². The van der Waals surface area contributed by atoms with Crippen LogP contribution in [0.2, 0.25) is 0 Å². The predicted octanol–water partition coefficient (Wildman–Crippen LogP) is 3.82. The van der Waals surface area contributed by atoms with E-state index in [9.17, 15) is 0 Å². The van der Waals surface area contributed by atoms with Crippen LogP contribution in [0.3, 0.4) is 0 Å². The molecule has 0 aromatic heterocycles. The fraction of sp³-hybridized carbons (Fsp3) is 1.00. The molecule has 0 aromatic carbocycles. The number of hydrogen-bond acceptors (Lipinski definition) is 0. The van der Waals surface area contributed by atoms with E-state index in [1.54, 1.807) is 6.42 Å². The molecular formula is C15H24. The van der Waals surface area contributed by atoms with Gasteiger partial charge in [0.15, 0.2) is 0 Å². The van der Waals surface area contributed by atoms with E-state index in [0.717, 1.165) is 40.4 Å². The maximum atomic E-state index is 2.56. The van der Waals surface area contributed by atoms with Crippen molar-refractivity contribution in [2.45, 2.75) is 41.0 Å². The molecule has 0 bridgehead atoms. The van der Waals surface area contributed by atoms with E-state index in [4.69, 9.17) is 0 Å². The molecule has 4 saturated carbocycles. The molecule has 0 heterocycles. The van der Waals surface area contributed by atoms with Gasteiger partial charge in [-0.25, -0.2) is 0 Å². The molecule has 0 saturated heterocycles. The van der Waals surface area contributed by atoms with Crippen molar-refractivity contribution in [2.24, 2.45) is 52.3 Å². The maximum Gasteiger partial charge on any atom is -0.0136 e. The van der Waals surface area contributed by atoms with Gasteiger partial charge in [0.1, 0.15) is 0 Å². The Morgan fingerprint density at radius 3 is 2.07 bits per heavy atom. The van der Waals surface area contributed by atoms with E-state index in [1.807, 2.05) is 0 Å². The van der Waals surface area contributed by atoms with Gasteiger partial charge in [-0.2, -0.15) is 0 Å². The van der Waals surface area contributed by atoms with Crippen molar-refractivity contribution in [2.75, 3.05) is 0 Å². The highest BCUT2D eigenvalue weighted by Crippen LogP contribution is 3.04. The fourth-order valence-electron chi connectivity index (χ4n) is 6.63. The summed E-state index contributed by atoms with van der Waals surface area (Å²) in [5.74, 6) is 7.56. The molecule has 6 atom stereocenters. The first-order valence-electron chi connectivity index (χ1n) is 7.01. The van der Waals surface area contributed by atoms with Gasteiger partial charge in [0, 0.05) is 0 Å². The van der Waals surface area contributed by atoms with Gasteiger partial charge in [0.25, 0.3) is 0 Å². The van der Waals surface area contributed by atoms with Crippen molar-refractivity contribution in [3.63, 3.8) is 0 Å². The molecule has 0 amide bonds. The zero-order chi connectivity index (χ0) is 10.7. The first-order valence-corrected chi connectivity index (χ1v) is 7.01. The second kappa shape index (κ2) is 2.05. The standard InChI is InChI=1S/C15H24/c1-7(2)11-6-14(9(11)4)10(5)15(14)12-8(3)13(12)15/h7-13H,6H2,1-5H3. The lowest BCUT2D eigenvalue weighted by Crippen LogP contribution is -2.42. The summed E-state index contributed by atoms with van der Waals surface area (Å²) in [5.41, 5.74) is 1.76. The summed E-state index contributed by atoms with van der Waals surface area (Å²) in [5, 5.41) is 0. The molecule has 0 nitrogen and oxygen atoms in total. The van der Waals surface area contributed by atoms with Crippen molar-refractivity contribution in [1.29, 1.82) is 0 Å². The summed E-state index contributed by atoms with van der Waals surface area (Å²) in [6.07, 6.45) is 1.58. The third kappa shape index (κ3) is 0.599. The lowest BCUT2D eigenvalue weighted by Gasteiger charge is -2.49. The van der Waals surface area contributed by atoms with E-state index in [1.165, 1.54) is 11.8 Å². The summed E-state index contributed by atoms with van der Waals surface area (Å²) in [7, 11) is 0. The Labute approximate surface area is 93.8 Å². The van der Waals surface area contributed by atoms with Gasteiger partial charge in [-0.1, -0.05) is 34.6 Å². The van der Waals surface area contributed by atoms with Crippen LogP contribution < -0.4 is 0 Å². The van der Waals surface area contributed by atoms with Crippen LogP contribution in [0.4, 0.5) is 0 Å². The summed E-state index contributed by atoms with van der Waals surface area (Å²) < 4.78 is 0. The van der Waals surface area contributed by atoms with Crippen molar-refractivity contribution < 1.29 is 0 Å². The zero-order valence-electron chi connectivity index (χ0n) is 10.7. The quantitative estimate of drug-likeness (QED) is 0.609. The van der Waals surface area contributed by atoms with Crippen molar-refractivity contribution in [3.8, 4) is 0 Å². The average molecular weight is 204 g/mol. The lowest BCUT2D eigenvalue weighted by molar-refractivity contribution is -0.00631. The molecule has 4 aliphatic carbocycles. The van der Waals surface area contributed by atoms with Crippen LogP contribution in [-0.4, -0.2) is 0 Å². The topological polar surface area (TPSA) is 0 Å². The Morgan fingerprint density at radius 1 is 1.07 bits per heavy atom. The second-order valence-corrected chi connectivity index (χ2v) is 7.51. The smallest absolute Gasteiger partial charge is 0.0136 e. The molecule has 0 radical (unpaired) electrons. The van der Waals surface area contributed by atoms with Gasteiger partial charge in [-0.3, -0.25) is 0 Å². The third-order valence-electron chi connectivity index (χ3n) is 7.47. The van der Waals surface area contributed by atoms with Crippen molar-refractivity contribution in [3.05, 3.63) is 0 Å². The first-order chi connectivity index (χ1) is 7.01. The van der Waals surface area contributed by atoms with Crippen LogP contribution in [-0.2, 0) is 0 Å². The average Bonchev–Trinajstić information content (AvgIpc) is 3.06. The summed E-state index contributed by atoms with van der Waals surface area (Å²) in [6.45, 7) is 12.4. The molecule has 4 aliphatic rings. The minimum absolute atomic E-state index is 0.851. The highest BCUT2D eigenvalue weighted by Gasteiger charge is 3.01. The third-order valence-corrected chi connectivity index (χ3v) is 7.47. The maximum absolute atomic E-state index is 2.56. The monoisotopic (exact) mass is 204 g/mol. The highest BCUT2D eigenvalue weighted by atomic mass is 15.0. The summed E-state index contributed by atoms with van der Waals surface area (Å²) >= 11 is 0. The van der Waals surface area contributed by atoms with E-state index >= 15 is 0 Å². The van der Waals surface area contributed by atoms with Crippen molar-refractivity contribution >= 4 is 0 Å². The van der Waals surface area contributed by atoms with Gasteiger partial charge in [0.05, 0.1) is 0 Å². The van der Waals surface area contributed by atoms with Crippen LogP contribution in [0.5, 0.6) is 0 Å². The van der Waals surface area contributed by atoms with E-state index in [-0.39, 0.29) is 0 Å². The molecule has 15 heavy (non-hydrogen) atoms. The predicted molar refractivity (Wildman–Crippen MR) is 62.3 cm³/mol. The summed E-state index contributed by atoms with van der Waals surface area (Å²) in [6, 6.07) is 0. The van der Waals surface area contributed by atoms with Gasteiger partial charge in [-0.05, 0) is 58.7 Å². The van der Waals surface area contributed by atoms with Crippen LogP contribution in [0.15, 0.2) is 0 Å². The first kappa shape index (κ1) is 9.07. The van der Waals surface area contributed by atoms with Gasteiger partial charge in [-0.15, -0.1) is 0 Å². The zero-order valence-corrected chi connectivity index (χ0v) is 10.7. The van der Waals surface area contributed by atoms with Crippen LogP contribution in [0.1, 0.15) is 41.0 Å². The number of hydrogen-bond donors (Lipinski definition) is 0. The number of fused-ring (bicyclic) bond motifs is 4. The Morgan fingerprint density at radius 2 is 1.67 bits per heavy atom. The minimum atomic E-state index is 0.851. The fourth-order valence-corrected chi connectivity index (χ4v) is 6.63. The highest BCUT2D eigenvalue weighted by molar-refractivity contribution is 5.47. The molecule has 84 valence electrons. The molecule has 0 aromatic rings. The Kier molecular flexibility index (Phi) is 1.24. The van der Waals surface area contributed by atoms with E-state index < -0.39 is 0 Å². The van der Waals surface area contributed by atoms with Gasteiger partial charge >= 0.3 is 0 Å². The van der Waals surface area contributed by atoms with Crippen LogP contribution in [0.25, 0.3) is 0 Å². The molecular weight excluding hydrogens is 180 g/mol. The van der Waals surface area contributed by atoms with E-state index in [2.05, 4.69) is 34.6 Å². The molecule has 4 rings (SSSR count). The Balaban J connectivity index is 1.57. The molecule has 0 aliphatic heterocycles. The number of rotatable bonds is 1. The minimum Gasteiger partial charge on any atom is -0.0625 e. The van der Waals surface area contributed by atoms with Crippen LogP contribution >= 0.6 is 0 Å². The normalized spacial score (nSPS) is 73.2. The SMILES string of the molecule is CC(C)C1CC2(C1C)C(C)C21C2C(C)C21. The summed E-state index contributed by atoms with van der Waals surface area (Å²) in [4.78, 5) is 0.